The van der Waals surface area contributed by atoms with Gasteiger partial charge in [0.15, 0.2) is 5.96 Å². The Bertz CT molecular complexity index is 538. The molecule has 0 spiro atoms. The van der Waals surface area contributed by atoms with Crippen LogP contribution in [-0.2, 0) is 11.3 Å². The molecule has 0 atom stereocenters. The monoisotopic (exact) mass is 376 g/mol. The van der Waals surface area contributed by atoms with Gasteiger partial charge in [-0.15, -0.1) is 0 Å². The molecule has 1 aliphatic rings. The molecule has 7 heteroatoms. The number of aromatic nitrogens is 1. The van der Waals surface area contributed by atoms with Crippen molar-refractivity contribution in [3.8, 4) is 0 Å². The summed E-state index contributed by atoms with van der Waals surface area (Å²) in [7, 11) is 0. The molecule has 1 saturated heterocycles. The number of rotatable bonds is 10. The van der Waals surface area contributed by atoms with E-state index in [-0.39, 0.29) is 0 Å². The van der Waals surface area contributed by atoms with Gasteiger partial charge in [-0.3, -0.25) is 4.90 Å². The summed E-state index contributed by atoms with van der Waals surface area (Å²) < 4.78 is 5.39. The van der Waals surface area contributed by atoms with Crippen LogP contribution in [0, 0.1) is 0 Å². The molecule has 2 N–H and O–H groups in total. The molecule has 2 heterocycles. The van der Waals surface area contributed by atoms with Gasteiger partial charge in [-0.2, -0.15) is 0 Å². The van der Waals surface area contributed by atoms with Crippen molar-refractivity contribution in [1.29, 1.82) is 0 Å². The third-order valence-electron chi connectivity index (χ3n) is 4.71. The van der Waals surface area contributed by atoms with Gasteiger partial charge in [-0.25, -0.2) is 9.98 Å². The Balaban J connectivity index is 1.78. The fourth-order valence-electron chi connectivity index (χ4n) is 3.09. The fourth-order valence-corrected chi connectivity index (χ4v) is 3.09. The summed E-state index contributed by atoms with van der Waals surface area (Å²) in [6.07, 6.45) is 3.03. The minimum Gasteiger partial charge on any atom is -0.379 e. The van der Waals surface area contributed by atoms with Crippen molar-refractivity contribution in [2.75, 3.05) is 63.9 Å². The molecule has 0 aromatic carbocycles. The molecule has 0 radical (unpaired) electrons. The molecule has 0 bridgehead atoms. The number of ether oxygens (including phenoxy) is 1. The second-order valence-corrected chi connectivity index (χ2v) is 6.63. The van der Waals surface area contributed by atoms with Crippen molar-refractivity contribution in [3.63, 3.8) is 0 Å². The van der Waals surface area contributed by atoms with Crippen LogP contribution in [0.15, 0.2) is 23.3 Å². The smallest absolute Gasteiger partial charge is 0.191 e. The van der Waals surface area contributed by atoms with Crippen molar-refractivity contribution >= 4 is 11.8 Å². The van der Waals surface area contributed by atoms with Gasteiger partial charge in [-0.1, -0.05) is 6.07 Å². The van der Waals surface area contributed by atoms with E-state index in [1.165, 1.54) is 0 Å². The summed E-state index contributed by atoms with van der Waals surface area (Å²) in [6, 6.07) is 4.20. The van der Waals surface area contributed by atoms with Crippen molar-refractivity contribution in [1.82, 2.24) is 20.5 Å². The lowest BCUT2D eigenvalue weighted by Crippen LogP contribution is -2.40. The molecule has 2 rings (SSSR count). The van der Waals surface area contributed by atoms with Crippen LogP contribution in [0.1, 0.15) is 32.8 Å². The predicted molar refractivity (Wildman–Crippen MR) is 112 cm³/mol. The Morgan fingerprint density at radius 3 is 2.59 bits per heavy atom. The second kappa shape index (κ2) is 12.5. The van der Waals surface area contributed by atoms with E-state index in [2.05, 4.69) is 58.3 Å². The molecule has 1 aliphatic heterocycles. The van der Waals surface area contributed by atoms with Crippen LogP contribution in [0.3, 0.4) is 0 Å². The van der Waals surface area contributed by atoms with Gasteiger partial charge < -0.3 is 20.3 Å². The van der Waals surface area contributed by atoms with Crippen LogP contribution in [-0.4, -0.2) is 74.9 Å². The highest BCUT2D eigenvalue weighted by Gasteiger charge is 2.09. The van der Waals surface area contributed by atoms with E-state index < -0.39 is 0 Å². The van der Waals surface area contributed by atoms with Crippen LogP contribution < -0.4 is 15.5 Å². The maximum Gasteiger partial charge on any atom is 0.191 e. The summed E-state index contributed by atoms with van der Waals surface area (Å²) in [5.41, 5.74) is 1.12. The standard InChI is InChI=1S/C20H36N6O/c1-4-21-20(22-10-7-11-25-12-14-27-15-13-25)24-17-18-8-9-19(23-16-18)26(5-2)6-3/h8-9,16H,4-7,10-15,17H2,1-3H3,(H2,21,22,24). The fraction of sp³-hybridized carbons (Fsp3) is 0.700. The maximum atomic E-state index is 5.39. The molecule has 1 fully saturated rings. The van der Waals surface area contributed by atoms with Crippen LogP contribution >= 0.6 is 0 Å². The van der Waals surface area contributed by atoms with Crippen LogP contribution in [0.25, 0.3) is 0 Å². The van der Waals surface area contributed by atoms with Gasteiger partial charge in [0.25, 0.3) is 0 Å². The van der Waals surface area contributed by atoms with E-state index in [1.54, 1.807) is 0 Å². The van der Waals surface area contributed by atoms with Crippen molar-refractivity contribution < 1.29 is 4.74 Å². The van der Waals surface area contributed by atoms with Gasteiger partial charge in [0.2, 0.25) is 0 Å². The van der Waals surface area contributed by atoms with E-state index in [1.807, 2.05) is 6.20 Å². The molecule has 152 valence electrons. The minimum absolute atomic E-state index is 0.629. The summed E-state index contributed by atoms with van der Waals surface area (Å²) in [6.45, 7) is 15.7. The Hall–Kier alpha value is -1.86. The summed E-state index contributed by atoms with van der Waals surface area (Å²) in [4.78, 5) is 14.0. The highest BCUT2D eigenvalue weighted by molar-refractivity contribution is 5.79. The molecule has 1 aromatic heterocycles. The first-order valence-corrected chi connectivity index (χ1v) is 10.3. The highest BCUT2D eigenvalue weighted by atomic mass is 16.5. The summed E-state index contributed by atoms with van der Waals surface area (Å²) in [5, 5.41) is 6.75. The quantitative estimate of drug-likeness (QED) is 0.368. The number of nitrogens with zero attached hydrogens (tertiary/aromatic N) is 4. The van der Waals surface area contributed by atoms with Gasteiger partial charge >= 0.3 is 0 Å². The van der Waals surface area contributed by atoms with Crippen molar-refractivity contribution in [3.05, 3.63) is 23.9 Å². The second-order valence-electron chi connectivity index (χ2n) is 6.63. The number of anilines is 1. The molecule has 0 aliphatic carbocycles. The first kappa shape index (κ1) is 21.4. The lowest BCUT2D eigenvalue weighted by atomic mass is 10.3. The zero-order valence-electron chi connectivity index (χ0n) is 17.2. The Kier molecular flexibility index (Phi) is 9.94. The lowest BCUT2D eigenvalue weighted by molar-refractivity contribution is 0.0376. The SMILES string of the molecule is CCNC(=NCc1ccc(N(CC)CC)nc1)NCCCN1CCOCC1. The molecule has 0 amide bonds. The number of nitrogens with one attached hydrogen (secondary N) is 2. The van der Waals surface area contributed by atoms with Gasteiger partial charge in [-0.05, 0) is 45.4 Å². The Labute approximate surface area is 164 Å². The molecule has 27 heavy (non-hydrogen) atoms. The van der Waals surface area contributed by atoms with Crippen LogP contribution in [0.4, 0.5) is 5.82 Å². The van der Waals surface area contributed by atoms with E-state index in [0.29, 0.717) is 6.54 Å². The number of hydrogen-bond acceptors (Lipinski definition) is 5. The van der Waals surface area contributed by atoms with E-state index in [9.17, 15) is 0 Å². The normalized spacial score (nSPS) is 15.6. The number of morpholine rings is 1. The zero-order valence-corrected chi connectivity index (χ0v) is 17.2. The number of pyridine rings is 1. The molecular weight excluding hydrogens is 340 g/mol. The Morgan fingerprint density at radius 1 is 1.19 bits per heavy atom. The van der Waals surface area contributed by atoms with Gasteiger partial charge in [0, 0.05) is 45.5 Å². The topological polar surface area (TPSA) is 65.0 Å². The van der Waals surface area contributed by atoms with Gasteiger partial charge in [0.05, 0.1) is 19.8 Å². The molecule has 0 unspecified atom stereocenters. The first-order valence-electron chi connectivity index (χ1n) is 10.3. The molecule has 7 nitrogen and oxygen atoms in total. The maximum absolute atomic E-state index is 5.39. The van der Waals surface area contributed by atoms with E-state index in [0.717, 1.165) is 82.8 Å². The number of hydrogen-bond donors (Lipinski definition) is 2. The van der Waals surface area contributed by atoms with Crippen LogP contribution in [0.5, 0.6) is 0 Å². The zero-order chi connectivity index (χ0) is 19.3. The van der Waals surface area contributed by atoms with E-state index >= 15 is 0 Å². The van der Waals surface area contributed by atoms with Crippen molar-refractivity contribution in [2.24, 2.45) is 4.99 Å². The third kappa shape index (κ3) is 7.72. The number of aliphatic imine (C=N–C) groups is 1. The highest BCUT2D eigenvalue weighted by Crippen LogP contribution is 2.11. The van der Waals surface area contributed by atoms with Crippen LogP contribution in [0.2, 0.25) is 0 Å². The number of guanidine groups is 1. The molecular formula is C20H36N6O. The first-order chi connectivity index (χ1) is 13.3. The summed E-state index contributed by atoms with van der Waals surface area (Å²) >= 11 is 0. The average Bonchev–Trinajstić information content (AvgIpc) is 2.72. The van der Waals surface area contributed by atoms with Crippen molar-refractivity contribution in [2.45, 2.75) is 33.7 Å². The minimum atomic E-state index is 0.629. The third-order valence-corrected chi connectivity index (χ3v) is 4.71. The predicted octanol–water partition coefficient (Wildman–Crippen LogP) is 1.71. The van der Waals surface area contributed by atoms with Gasteiger partial charge in [0.1, 0.15) is 5.82 Å². The molecule has 0 saturated carbocycles. The van der Waals surface area contributed by atoms with E-state index in [4.69, 9.17) is 9.73 Å². The average molecular weight is 377 g/mol. The lowest BCUT2D eigenvalue weighted by Gasteiger charge is -2.26. The molecule has 1 aromatic rings. The Morgan fingerprint density at radius 2 is 1.96 bits per heavy atom. The summed E-state index contributed by atoms with van der Waals surface area (Å²) in [5.74, 6) is 1.90. The largest absolute Gasteiger partial charge is 0.379 e.